The second-order valence-corrected chi connectivity index (χ2v) is 4.32. The van der Waals surface area contributed by atoms with Crippen LogP contribution in [0.1, 0.15) is 39.1 Å². The molecule has 0 saturated heterocycles. The Balaban J connectivity index is 2.35. The highest BCUT2D eigenvalue weighted by Crippen LogP contribution is 2.21. The van der Waals surface area contributed by atoms with Crippen LogP contribution in [0.25, 0.3) is 0 Å². The van der Waals surface area contributed by atoms with Crippen LogP contribution < -0.4 is 11.1 Å². The van der Waals surface area contributed by atoms with Crippen LogP contribution in [0.4, 0.5) is 0 Å². The summed E-state index contributed by atoms with van der Waals surface area (Å²) < 4.78 is 0. The zero-order chi connectivity index (χ0) is 12.4. The van der Waals surface area contributed by atoms with Gasteiger partial charge in [-0.1, -0.05) is 18.2 Å². The highest BCUT2D eigenvalue weighted by Gasteiger charge is 2.31. The topological polar surface area (TPSA) is 72.2 Å². The number of nitrogens with one attached hydrogen (secondary N) is 1. The van der Waals surface area contributed by atoms with Crippen molar-refractivity contribution >= 4 is 11.7 Å². The quantitative estimate of drug-likeness (QED) is 0.817. The van der Waals surface area contributed by atoms with Gasteiger partial charge >= 0.3 is 0 Å². The number of hydrogen-bond donors (Lipinski definition) is 2. The minimum atomic E-state index is -0.416. The second-order valence-electron chi connectivity index (χ2n) is 4.32. The number of ketones is 1. The summed E-state index contributed by atoms with van der Waals surface area (Å²) in [6, 6.07) is 4.95. The Kier molecular flexibility index (Phi) is 3.24. The SMILES string of the molecule is Cc1cccc2c1C(=O)N[C@@H](CCCN)C2=O. The Bertz CT molecular complexity index is 468. The fraction of sp³-hybridized carbons (Fsp3) is 0.385. The van der Waals surface area contributed by atoms with Crippen molar-refractivity contribution in [2.45, 2.75) is 25.8 Å². The molecular formula is C13H16N2O2. The molecule has 1 aliphatic rings. The Hall–Kier alpha value is -1.68. The zero-order valence-electron chi connectivity index (χ0n) is 9.82. The zero-order valence-corrected chi connectivity index (χ0v) is 9.82. The van der Waals surface area contributed by atoms with Crippen LogP contribution in [0.3, 0.4) is 0 Å². The monoisotopic (exact) mass is 232 g/mol. The smallest absolute Gasteiger partial charge is 0.252 e. The number of nitrogens with two attached hydrogens (primary N) is 1. The number of hydrogen-bond acceptors (Lipinski definition) is 3. The lowest BCUT2D eigenvalue weighted by Crippen LogP contribution is -2.46. The minimum Gasteiger partial charge on any atom is -0.342 e. The molecule has 1 aromatic carbocycles. The molecule has 0 radical (unpaired) electrons. The molecule has 4 nitrogen and oxygen atoms in total. The van der Waals surface area contributed by atoms with E-state index in [2.05, 4.69) is 5.32 Å². The molecule has 0 unspecified atom stereocenters. The number of aryl methyl sites for hydroxylation is 1. The molecule has 2 rings (SSSR count). The molecule has 1 heterocycles. The molecule has 1 atom stereocenters. The summed E-state index contributed by atoms with van der Waals surface area (Å²) in [7, 11) is 0. The lowest BCUT2D eigenvalue weighted by atomic mass is 9.89. The van der Waals surface area contributed by atoms with Gasteiger partial charge in [-0.15, -0.1) is 0 Å². The van der Waals surface area contributed by atoms with Crippen molar-refractivity contribution in [3.63, 3.8) is 0 Å². The van der Waals surface area contributed by atoms with Crippen molar-refractivity contribution < 1.29 is 9.59 Å². The van der Waals surface area contributed by atoms with Crippen LogP contribution in [0.5, 0.6) is 0 Å². The van der Waals surface area contributed by atoms with Gasteiger partial charge in [0.15, 0.2) is 5.78 Å². The number of fused-ring (bicyclic) bond motifs is 1. The van der Waals surface area contributed by atoms with Crippen molar-refractivity contribution in [2.24, 2.45) is 5.73 Å². The van der Waals surface area contributed by atoms with Crippen molar-refractivity contribution in [1.29, 1.82) is 0 Å². The standard InChI is InChI=1S/C13H16N2O2/c1-8-4-2-5-9-11(8)13(17)15-10(12(9)16)6-3-7-14/h2,4-5,10H,3,6-7,14H2,1H3,(H,15,17)/t10-/m0/s1. The first-order valence-corrected chi connectivity index (χ1v) is 5.80. The summed E-state index contributed by atoms with van der Waals surface area (Å²) in [5.41, 5.74) is 7.31. The predicted octanol–water partition coefficient (Wildman–Crippen LogP) is 1.03. The number of carbonyl (C=O) groups excluding carboxylic acids is 2. The summed E-state index contributed by atoms with van der Waals surface area (Å²) in [6.45, 7) is 2.37. The normalized spacial score (nSPS) is 18.8. The Morgan fingerprint density at radius 3 is 2.82 bits per heavy atom. The maximum absolute atomic E-state index is 12.2. The van der Waals surface area contributed by atoms with Crippen LogP contribution in [-0.4, -0.2) is 24.3 Å². The third-order valence-corrected chi connectivity index (χ3v) is 3.08. The highest BCUT2D eigenvalue weighted by molar-refractivity contribution is 6.15. The maximum Gasteiger partial charge on any atom is 0.252 e. The lowest BCUT2D eigenvalue weighted by Gasteiger charge is -2.25. The molecule has 17 heavy (non-hydrogen) atoms. The van der Waals surface area contributed by atoms with Crippen LogP contribution >= 0.6 is 0 Å². The van der Waals surface area contributed by atoms with Gasteiger partial charge in [0.05, 0.1) is 11.6 Å². The minimum absolute atomic E-state index is 0.00301. The first kappa shape index (κ1) is 11.8. The van der Waals surface area contributed by atoms with Crippen LogP contribution in [-0.2, 0) is 0 Å². The average Bonchev–Trinajstić information content (AvgIpc) is 2.31. The molecule has 0 fully saturated rings. The Morgan fingerprint density at radius 1 is 1.35 bits per heavy atom. The van der Waals surface area contributed by atoms with E-state index in [1.54, 1.807) is 6.07 Å². The molecule has 0 aromatic heterocycles. The van der Waals surface area contributed by atoms with Gasteiger partial charge in [-0.25, -0.2) is 0 Å². The van der Waals surface area contributed by atoms with Gasteiger partial charge < -0.3 is 11.1 Å². The van der Waals surface area contributed by atoms with Gasteiger partial charge in [-0.3, -0.25) is 9.59 Å². The predicted molar refractivity (Wildman–Crippen MR) is 65.1 cm³/mol. The third kappa shape index (κ3) is 2.08. The van der Waals surface area contributed by atoms with Gasteiger partial charge in [0.1, 0.15) is 0 Å². The Labute approximate surface area is 100 Å². The Morgan fingerprint density at radius 2 is 2.12 bits per heavy atom. The van der Waals surface area contributed by atoms with E-state index in [4.69, 9.17) is 5.73 Å². The van der Waals surface area contributed by atoms with E-state index in [0.717, 1.165) is 12.0 Å². The lowest BCUT2D eigenvalue weighted by molar-refractivity contribution is 0.0822. The molecule has 0 spiro atoms. The van der Waals surface area contributed by atoms with Gasteiger partial charge in [-0.2, -0.15) is 0 Å². The van der Waals surface area contributed by atoms with E-state index in [9.17, 15) is 9.59 Å². The van der Waals surface area contributed by atoms with Crippen LogP contribution in [0, 0.1) is 6.92 Å². The van der Waals surface area contributed by atoms with E-state index >= 15 is 0 Å². The first-order chi connectivity index (χ1) is 8.15. The number of amides is 1. The van der Waals surface area contributed by atoms with E-state index in [1.165, 1.54) is 0 Å². The molecule has 90 valence electrons. The molecule has 1 aliphatic heterocycles. The van der Waals surface area contributed by atoms with E-state index in [-0.39, 0.29) is 11.7 Å². The number of carbonyl (C=O) groups is 2. The third-order valence-electron chi connectivity index (χ3n) is 3.08. The molecule has 0 saturated carbocycles. The van der Waals surface area contributed by atoms with Crippen molar-refractivity contribution in [1.82, 2.24) is 5.32 Å². The fourth-order valence-electron chi connectivity index (χ4n) is 2.18. The summed E-state index contributed by atoms with van der Waals surface area (Å²) in [5.74, 6) is -0.156. The van der Waals surface area contributed by atoms with Crippen molar-refractivity contribution in [3.05, 3.63) is 34.9 Å². The molecule has 1 aromatic rings. The molecule has 3 N–H and O–H groups in total. The highest BCUT2D eigenvalue weighted by atomic mass is 16.2. The summed E-state index contributed by atoms with van der Waals surface area (Å²) >= 11 is 0. The summed E-state index contributed by atoms with van der Waals surface area (Å²) in [5, 5.41) is 2.75. The van der Waals surface area contributed by atoms with E-state index < -0.39 is 6.04 Å². The van der Waals surface area contributed by atoms with Gasteiger partial charge in [-0.05, 0) is 31.9 Å². The molecule has 0 aliphatic carbocycles. The largest absolute Gasteiger partial charge is 0.342 e. The maximum atomic E-state index is 12.2. The fourth-order valence-corrected chi connectivity index (χ4v) is 2.18. The van der Waals surface area contributed by atoms with Crippen LogP contribution in [0.2, 0.25) is 0 Å². The second kappa shape index (κ2) is 4.67. The number of Topliss-reactive ketones (excluding diaryl/α,β-unsaturated/α-hetero) is 1. The molecule has 4 heteroatoms. The van der Waals surface area contributed by atoms with Gasteiger partial charge in [0.2, 0.25) is 0 Å². The van der Waals surface area contributed by atoms with Crippen molar-refractivity contribution in [2.75, 3.05) is 6.54 Å². The summed E-state index contributed by atoms with van der Waals surface area (Å²) in [4.78, 5) is 24.1. The first-order valence-electron chi connectivity index (χ1n) is 5.80. The molecule has 1 amide bonds. The molecule has 0 bridgehead atoms. The summed E-state index contributed by atoms with van der Waals surface area (Å²) in [6.07, 6.45) is 1.34. The van der Waals surface area contributed by atoms with E-state index in [0.29, 0.717) is 24.1 Å². The van der Waals surface area contributed by atoms with Crippen molar-refractivity contribution in [3.8, 4) is 0 Å². The van der Waals surface area contributed by atoms with Crippen LogP contribution in [0.15, 0.2) is 18.2 Å². The number of benzene rings is 1. The molecular weight excluding hydrogens is 216 g/mol. The van der Waals surface area contributed by atoms with Gasteiger partial charge in [0, 0.05) is 5.56 Å². The van der Waals surface area contributed by atoms with Gasteiger partial charge in [0.25, 0.3) is 5.91 Å². The average molecular weight is 232 g/mol. The number of rotatable bonds is 3. The van der Waals surface area contributed by atoms with E-state index in [1.807, 2.05) is 19.1 Å².